The molecule has 7 N–H and O–H groups in total. The molecule has 0 fully saturated rings. The van der Waals surface area contributed by atoms with E-state index in [0.717, 1.165) is 0 Å². The van der Waals surface area contributed by atoms with E-state index in [1.165, 1.54) is 49.0 Å². The van der Waals surface area contributed by atoms with Crippen molar-refractivity contribution in [2.75, 3.05) is 47.8 Å². The first-order chi connectivity index (χ1) is 26.8. The predicted octanol–water partition coefficient (Wildman–Crippen LogP) is 3.03. The maximum atomic E-state index is 12.7. The highest BCUT2D eigenvalue weighted by Crippen LogP contribution is 2.37. The van der Waals surface area contributed by atoms with Crippen molar-refractivity contribution in [3.8, 4) is 0 Å². The molecule has 0 aliphatic rings. The molecule has 19 heteroatoms. The van der Waals surface area contributed by atoms with E-state index in [9.17, 15) is 58.8 Å². The summed E-state index contributed by atoms with van der Waals surface area (Å²) < 4.78 is 19.3. The number of rotatable bonds is 25. The van der Waals surface area contributed by atoms with Crippen LogP contribution in [0.25, 0.3) is 0 Å². The molecule has 0 saturated heterocycles. The Morgan fingerprint density at radius 3 is 0.810 bits per heavy atom. The number of aliphatic hydroxyl groups excluding tert-OH is 3. The molecule has 0 amide bonds. The fourth-order valence-electron chi connectivity index (χ4n) is 6.13. The number of carbonyl (C=O) groups is 8. The second-order valence-corrected chi connectivity index (χ2v) is 14.8. The van der Waals surface area contributed by atoms with Crippen LogP contribution in [-0.4, -0.2) is 131 Å². The molecule has 0 saturated carbocycles. The summed E-state index contributed by atoms with van der Waals surface area (Å²) in [5.74, 6) is -9.92. The molecule has 338 valence electrons. The van der Waals surface area contributed by atoms with Crippen molar-refractivity contribution in [1.82, 2.24) is 0 Å². The summed E-state index contributed by atoms with van der Waals surface area (Å²) in [6, 6.07) is 0. The number of carboxylic acid groups (broad SMARTS) is 4. The van der Waals surface area contributed by atoms with Gasteiger partial charge in [0.1, 0.15) is 12.0 Å². The molecule has 0 rings (SSSR count). The zero-order valence-corrected chi connectivity index (χ0v) is 35.8. The number of esters is 4. The van der Waals surface area contributed by atoms with Crippen molar-refractivity contribution in [2.45, 2.75) is 107 Å². The van der Waals surface area contributed by atoms with Crippen LogP contribution >= 0.6 is 0 Å². The second kappa shape index (κ2) is 27.4. The summed E-state index contributed by atoms with van der Waals surface area (Å²) in [5.41, 5.74) is -4.96. The molecular formula is C39H68O19. The standard InChI is InChI=1S/C19H32O9.2C10H18O5/c1-6-18(10-20,8-12(3)14(21)22)17(26)28-11-19(7-2,16(25)27-5)9-13(4)15(23)24;2*1-4-10(6-11,9(14)15-3)5-7(2)8(12)13/h12-13,20H,6-11H2,1-5H3,(H,21,22)(H,23,24);2*7,11H,4-6H2,1-3H3,(H,12,13). The first-order valence-electron chi connectivity index (χ1n) is 19.0. The fourth-order valence-corrected chi connectivity index (χ4v) is 6.13. The molecule has 0 aromatic carbocycles. The largest absolute Gasteiger partial charge is 0.481 e. The molecule has 8 atom stereocenters. The van der Waals surface area contributed by atoms with Gasteiger partial charge in [0.15, 0.2) is 0 Å². The molecule has 0 aromatic rings. The van der Waals surface area contributed by atoms with Crippen molar-refractivity contribution in [1.29, 1.82) is 0 Å². The molecule has 0 aromatic heterocycles. The van der Waals surface area contributed by atoms with Gasteiger partial charge in [-0.05, 0) is 51.4 Å². The number of hydrogen-bond donors (Lipinski definition) is 7. The van der Waals surface area contributed by atoms with Gasteiger partial charge >= 0.3 is 47.8 Å². The van der Waals surface area contributed by atoms with E-state index >= 15 is 0 Å². The van der Waals surface area contributed by atoms with Gasteiger partial charge in [-0.15, -0.1) is 0 Å². The second-order valence-electron chi connectivity index (χ2n) is 14.8. The maximum Gasteiger partial charge on any atom is 0.315 e. The Morgan fingerprint density at radius 2 is 0.621 bits per heavy atom. The van der Waals surface area contributed by atoms with Crippen LogP contribution in [0.2, 0.25) is 0 Å². The van der Waals surface area contributed by atoms with Crippen LogP contribution in [0.1, 0.15) is 107 Å². The van der Waals surface area contributed by atoms with Gasteiger partial charge in [-0.3, -0.25) is 38.4 Å². The number of carboxylic acids is 4. The third-order valence-electron chi connectivity index (χ3n) is 10.9. The Hall–Kier alpha value is -4.36. The predicted molar refractivity (Wildman–Crippen MR) is 205 cm³/mol. The molecule has 8 unspecified atom stereocenters. The SMILES string of the molecule is CCC(CO)(CC(C)C(=O)O)C(=O)OC.CCC(CO)(CC(C)C(=O)O)C(=O)OC.CCC(COC(=O)C(CC)(CO)CC(C)C(=O)O)(CC(C)C(=O)O)C(=O)OC. The zero-order chi connectivity index (χ0) is 46.2. The summed E-state index contributed by atoms with van der Waals surface area (Å²) in [5, 5.41) is 64.0. The normalized spacial score (nSPS) is 17.0. The summed E-state index contributed by atoms with van der Waals surface area (Å²) >= 11 is 0. The first-order valence-corrected chi connectivity index (χ1v) is 19.0. The monoisotopic (exact) mass is 840 g/mol. The lowest BCUT2D eigenvalue weighted by molar-refractivity contribution is -0.173. The maximum absolute atomic E-state index is 12.7. The van der Waals surface area contributed by atoms with E-state index in [1.807, 2.05) is 0 Å². The Labute approximate surface area is 340 Å². The third kappa shape index (κ3) is 16.9. The van der Waals surface area contributed by atoms with Crippen LogP contribution < -0.4 is 0 Å². The smallest absolute Gasteiger partial charge is 0.315 e. The van der Waals surface area contributed by atoms with Gasteiger partial charge in [-0.2, -0.15) is 0 Å². The van der Waals surface area contributed by atoms with Gasteiger partial charge in [-0.1, -0.05) is 55.4 Å². The van der Waals surface area contributed by atoms with Crippen LogP contribution in [0.15, 0.2) is 0 Å². The quantitative estimate of drug-likeness (QED) is 0.0513. The van der Waals surface area contributed by atoms with Gasteiger partial charge < -0.3 is 54.7 Å². The molecule has 0 aliphatic carbocycles. The van der Waals surface area contributed by atoms with E-state index in [-0.39, 0.29) is 38.5 Å². The lowest BCUT2D eigenvalue weighted by atomic mass is 9.76. The van der Waals surface area contributed by atoms with Gasteiger partial charge in [0.05, 0.1) is 81.1 Å². The number of methoxy groups -OCH3 is 3. The summed E-state index contributed by atoms with van der Waals surface area (Å²) in [6.07, 6.45) is 0.975. The number of ether oxygens (including phenoxy) is 4. The number of hydrogen-bond acceptors (Lipinski definition) is 15. The van der Waals surface area contributed by atoms with Crippen molar-refractivity contribution in [3.05, 3.63) is 0 Å². The number of aliphatic carboxylic acids is 4. The molecule has 0 aliphatic heterocycles. The van der Waals surface area contributed by atoms with Crippen LogP contribution in [0.4, 0.5) is 0 Å². The highest BCUT2D eigenvalue weighted by Gasteiger charge is 2.46. The molecular weight excluding hydrogens is 772 g/mol. The Bertz CT molecular complexity index is 1280. The summed E-state index contributed by atoms with van der Waals surface area (Å²) in [6.45, 7) is 10.8. The first kappa shape index (κ1) is 58.0. The molecule has 0 bridgehead atoms. The van der Waals surface area contributed by atoms with Crippen molar-refractivity contribution in [2.24, 2.45) is 45.3 Å². The minimum atomic E-state index is -1.42. The minimum absolute atomic E-state index is 0.0853. The summed E-state index contributed by atoms with van der Waals surface area (Å²) in [4.78, 5) is 91.8. The lowest BCUT2D eigenvalue weighted by Crippen LogP contribution is -2.44. The van der Waals surface area contributed by atoms with Crippen LogP contribution in [0, 0.1) is 45.3 Å². The molecule has 19 nitrogen and oxygen atoms in total. The highest BCUT2D eigenvalue weighted by atomic mass is 16.6. The van der Waals surface area contributed by atoms with Crippen LogP contribution in [0.3, 0.4) is 0 Å². The van der Waals surface area contributed by atoms with Crippen molar-refractivity contribution in [3.63, 3.8) is 0 Å². The van der Waals surface area contributed by atoms with E-state index in [1.54, 1.807) is 27.7 Å². The van der Waals surface area contributed by atoms with Gasteiger partial charge in [0, 0.05) is 0 Å². The Kier molecular flexibility index (Phi) is 27.3. The van der Waals surface area contributed by atoms with Crippen LogP contribution in [-0.2, 0) is 57.3 Å². The average Bonchev–Trinajstić information content (AvgIpc) is 3.21. The topological polar surface area (TPSA) is 315 Å². The van der Waals surface area contributed by atoms with Gasteiger partial charge in [-0.25, -0.2) is 0 Å². The zero-order valence-electron chi connectivity index (χ0n) is 35.8. The highest BCUT2D eigenvalue weighted by molar-refractivity contribution is 5.82. The van der Waals surface area contributed by atoms with E-state index in [0.29, 0.717) is 12.8 Å². The van der Waals surface area contributed by atoms with Gasteiger partial charge in [0.25, 0.3) is 0 Å². The fraction of sp³-hybridized carbons (Fsp3) is 0.795. The average molecular weight is 841 g/mol. The summed E-state index contributed by atoms with van der Waals surface area (Å²) in [7, 11) is 3.63. The van der Waals surface area contributed by atoms with E-state index < -0.39 is 120 Å². The molecule has 58 heavy (non-hydrogen) atoms. The molecule has 0 radical (unpaired) electrons. The number of aliphatic hydroxyl groups is 3. The lowest BCUT2D eigenvalue weighted by Gasteiger charge is -2.34. The van der Waals surface area contributed by atoms with E-state index in [4.69, 9.17) is 24.8 Å². The minimum Gasteiger partial charge on any atom is -0.481 e. The van der Waals surface area contributed by atoms with Crippen LogP contribution in [0.5, 0.6) is 0 Å². The molecule has 0 heterocycles. The van der Waals surface area contributed by atoms with Crippen molar-refractivity contribution >= 4 is 47.8 Å². The van der Waals surface area contributed by atoms with Crippen molar-refractivity contribution < 1.29 is 93.0 Å². The Balaban J connectivity index is -0.000000853. The van der Waals surface area contributed by atoms with E-state index in [2.05, 4.69) is 9.47 Å². The molecule has 0 spiro atoms. The van der Waals surface area contributed by atoms with Gasteiger partial charge in [0.2, 0.25) is 0 Å². The third-order valence-corrected chi connectivity index (χ3v) is 10.9. The number of carbonyl (C=O) groups excluding carboxylic acids is 4. The Morgan fingerprint density at radius 1 is 0.414 bits per heavy atom.